The number of hydrogen-bond donors (Lipinski definition) is 0. The molecule has 4 heteroatoms. The van der Waals surface area contributed by atoms with E-state index in [0.29, 0.717) is 12.5 Å². The molecule has 5 rings (SSSR count). The molecule has 0 unspecified atom stereocenters. The van der Waals surface area contributed by atoms with Crippen molar-refractivity contribution in [1.82, 2.24) is 9.47 Å². The van der Waals surface area contributed by atoms with Crippen LogP contribution in [-0.4, -0.2) is 21.4 Å². The summed E-state index contributed by atoms with van der Waals surface area (Å²) in [6, 6.07) is 20.8. The molecule has 0 N–H and O–H groups in total. The summed E-state index contributed by atoms with van der Waals surface area (Å²) in [4.78, 5) is 29.4. The summed E-state index contributed by atoms with van der Waals surface area (Å²) in [6.45, 7) is 0.404. The van der Waals surface area contributed by atoms with Gasteiger partial charge in [0, 0.05) is 30.5 Å². The SMILES string of the molecule is Cn1c(=O)c(CN(C(=O)C2CCCCC2)[C@H]2CCC[C@H]2c2ccccc2)cc2ccccc21. The molecule has 2 aromatic carbocycles. The predicted octanol–water partition coefficient (Wildman–Crippen LogP) is 5.78. The largest absolute Gasteiger partial charge is 0.334 e. The zero-order valence-electron chi connectivity index (χ0n) is 19.6. The Morgan fingerprint density at radius 3 is 2.42 bits per heavy atom. The first kappa shape index (κ1) is 21.9. The number of pyridine rings is 1. The fourth-order valence-corrected chi connectivity index (χ4v) is 6.13. The van der Waals surface area contributed by atoms with Crippen LogP contribution in [-0.2, 0) is 18.4 Å². The van der Waals surface area contributed by atoms with Crippen molar-refractivity contribution in [3.05, 3.63) is 82.1 Å². The lowest BCUT2D eigenvalue weighted by Gasteiger charge is -2.37. The average Bonchev–Trinajstić information content (AvgIpc) is 3.36. The van der Waals surface area contributed by atoms with Crippen LogP contribution < -0.4 is 5.56 Å². The first-order chi connectivity index (χ1) is 16.1. The van der Waals surface area contributed by atoms with E-state index in [9.17, 15) is 9.59 Å². The van der Waals surface area contributed by atoms with Gasteiger partial charge in [-0.15, -0.1) is 0 Å². The molecular formula is C29H34N2O2. The Hall–Kier alpha value is -2.88. The second-order valence-corrected chi connectivity index (χ2v) is 9.91. The molecule has 2 atom stereocenters. The Morgan fingerprint density at radius 1 is 0.909 bits per heavy atom. The van der Waals surface area contributed by atoms with Crippen molar-refractivity contribution in [3.8, 4) is 0 Å². The summed E-state index contributed by atoms with van der Waals surface area (Å²) < 4.78 is 1.73. The molecule has 3 aromatic rings. The molecule has 0 saturated heterocycles. The minimum atomic E-state index is 0.00408. The molecule has 1 heterocycles. The van der Waals surface area contributed by atoms with Crippen molar-refractivity contribution in [2.24, 2.45) is 13.0 Å². The highest BCUT2D eigenvalue weighted by molar-refractivity contribution is 5.81. The zero-order valence-corrected chi connectivity index (χ0v) is 19.6. The summed E-state index contributed by atoms with van der Waals surface area (Å²) in [5.41, 5.74) is 2.97. The Bertz CT molecular complexity index is 1180. The van der Waals surface area contributed by atoms with Gasteiger partial charge in [-0.1, -0.05) is 74.2 Å². The van der Waals surface area contributed by atoms with Gasteiger partial charge in [0.25, 0.3) is 5.56 Å². The zero-order chi connectivity index (χ0) is 22.8. The molecule has 2 aliphatic rings. The van der Waals surface area contributed by atoms with Gasteiger partial charge in [0.1, 0.15) is 0 Å². The van der Waals surface area contributed by atoms with Crippen molar-refractivity contribution in [1.29, 1.82) is 0 Å². The molecule has 0 aliphatic heterocycles. The molecule has 0 spiro atoms. The standard InChI is InChI=1S/C29H34N2O2/c1-30-26-17-9-8-15-23(26)19-24(28(30)32)20-31(29(33)22-13-6-3-7-14-22)27-18-10-16-25(27)21-11-4-2-5-12-21/h2,4-5,8-9,11-12,15,17,19,22,25,27H,3,6-7,10,13-14,16,18,20H2,1H3/t25-,27-/m0/s1. The van der Waals surface area contributed by atoms with Crippen molar-refractivity contribution in [2.45, 2.75) is 69.9 Å². The molecule has 1 aromatic heterocycles. The summed E-state index contributed by atoms with van der Waals surface area (Å²) in [7, 11) is 1.84. The number of fused-ring (bicyclic) bond motifs is 1. The normalized spacial score (nSPS) is 21.4. The number of benzene rings is 2. The summed E-state index contributed by atoms with van der Waals surface area (Å²) in [5, 5.41) is 1.05. The number of aromatic nitrogens is 1. The van der Waals surface area contributed by atoms with E-state index in [0.717, 1.165) is 61.4 Å². The molecule has 1 amide bonds. The van der Waals surface area contributed by atoms with E-state index in [2.05, 4.69) is 35.2 Å². The second kappa shape index (κ2) is 9.54. The van der Waals surface area contributed by atoms with E-state index in [-0.39, 0.29) is 23.4 Å². The maximum absolute atomic E-state index is 13.9. The maximum atomic E-state index is 13.9. The van der Waals surface area contributed by atoms with Gasteiger partial charge in [0.05, 0.1) is 12.1 Å². The minimum absolute atomic E-state index is 0.00408. The highest BCUT2D eigenvalue weighted by Gasteiger charge is 2.38. The van der Waals surface area contributed by atoms with Crippen molar-refractivity contribution < 1.29 is 4.79 Å². The third-order valence-electron chi connectivity index (χ3n) is 7.89. The molecule has 0 bridgehead atoms. The number of para-hydroxylation sites is 1. The van der Waals surface area contributed by atoms with Gasteiger partial charge in [-0.05, 0) is 48.8 Å². The first-order valence-corrected chi connectivity index (χ1v) is 12.6. The fourth-order valence-electron chi connectivity index (χ4n) is 6.13. The summed E-state index contributed by atoms with van der Waals surface area (Å²) >= 11 is 0. The lowest BCUT2D eigenvalue weighted by molar-refractivity contribution is -0.140. The number of amides is 1. The fraction of sp³-hybridized carbons (Fsp3) is 0.448. The van der Waals surface area contributed by atoms with E-state index in [4.69, 9.17) is 0 Å². The van der Waals surface area contributed by atoms with Crippen LogP contribution in [0.2, 0.25) is 0 Å². The monoisotopic (exact) mass is 442 g/mol. The third kappa shape index (κ3) is 4.36. The molecule has 33 heavy (non-hydrogen) atoms. The maximum Gasteiger partial charge on any atom is 0.255 e. The minimum Gasteiger partial charge on any atom is -0.334 e. The Kier molecular flexibility index (Phi) is 6.34. The van der Waals surface area contributed by atoms with Crippen molar-refractivity contribution in [2.75, 3.05) is 0 Å². The number of carbonyl (C=O) groups is 1. The van der Waals surface area contributed by atoms with E-state index < -0.39 is 0 Å². The van der Waals surface area contributed by atoms with Gasteiger partial charge in [0.15, 0.2) is 0 Å². The van der Waals surface area contributed by atoms with Crippen LogP contribution in [0.1, 0.15) is 68.4 Å². The van der Waals surface area contributed by atoms with Crippen LogP contribution in [0.5, 0.6) is 0 Å². The molecule has 2 aliphatic carbocycles. The van der Waals surface area contributed by atoms with E-state index in [1.54, 1.807) is 4.57 Å². The number of hydrogen-bond acceptors (Lipinski definition) is 2. The number of rotatable bonds is 5. The van der Waals surface area contributed by atoms with Gasteiger partial charge < -0.3 is 9.47 Å². The molecule has 2 fully saturated rings. The number of carbonyl (C=O) groups excluding carboxylic acids is 1. The lowest BCUT2D eigenvalue weighted by Crippen LogP contribution is -2.45. The average molecular weight is 443 g/mol. The van der Waals surface area contributed by atoms with Crippen molar-refractivity contribution >= 4 is 16.8 Å². The second-order valence-electron chi connectivity index (χ2n) is 9.91. The quantitative estimate of drug-likeness (QED) is 0.502. The van der Waals surface area contributed by atoms with Gasteiger partial charge in [-0.25, -0.2) is 0 Å². The highest BCUT2D eigenvalue weighted by Crippen LogP contribution is 2.40. The van der Waals surface area contributed by atoms with Gasteiger partial charge in [0.2, 0.25) is 5.91 Å². The summed E-state index contributed by atoms with van der Waals surface area (Å²) in [5.74, 6) is 0.695. The number of aryl methyl sites for hydroxylation is 1. The van der Waals surface area contributed by atoms with Gasteiger partial charge in [-0.2, -0.15) is 0 Å². The summed E-state index contributed by atoms with van der Waals surface area (Å²) in [6.07, 6.45) is 8.68. The van der Waals surface area contributed by atoms with Crippen LogP contribution in [0, 0.1) is 5.92 Å². The van der Waals surface area contributed by atoms with Gasteiger partial charge >= 0.3 is 0 Å². The Balaban J connectivity index is 1.53. The van der Waals surface area contributed by atoms with E-state index in [1.165, 1.54) is 12.0 Å². The smallest absolute Gasteiger partial charge is 0.255 e. The van der Waals surface area contributed by atoms with Crippen LogP contribution in [0.3, 0.4) is 0 Å². The first-order valence-electron chi connectivity index (χ1n) is 12.6. The Labute approximate surface area is 196 Å². The molecular weight excluding hydrogens is 408 g/mol. The lowest BCUT2D eigenvalue weighted by atomic mass is 9.86. The predicted molar refractivity (Wildman–Crippen MR) is 133 cm³/mol. The van der Waals surface area contributed by atoms with Crippen LogP contribution in [0.4, 0.5) is 0 Å². The number of nitrogens with zero attached hydrogens (tertiary/aromatic N) is 2. The van der Waals surface area contributed by atoms with E-state index in [1.807, 2.05) is 37.4 Å². The molecule has 0 radical (unpaired) electrons. The van der Waals surface area contributed by atoms with Crippen molar-refractivity contribution in [3.63, 3.8) is 0 Å². The topological polar surface area (TPSA) is 42.3 Å². The Morgan fingerprint density at radius 2 is 1.64 bits per heavy atom. The van der Waals surface area contributed by atoms with Crippen LogP contribution in [0.25, 0.3) is 10.9 Å². The van der Waals surface area contributed by atoms with Gasteiger partial charge in [-0.3, -0.25) is 9.59 Å². The van der Waals surface area contributed by atoms with Crippen LogP contribution in [0.15, 0.2) is 65.5 Å². The molecule has 2 saturated carbocycles. The van der Waals surface area contributed by atoms with E-state index >= 15 is 0 Å². The molecule has 4 nitrogen and oxygen atoms in total. The highest BCUT2D eigenvalue weighted by atomic mass is 16.2. The van der Waals surface area contributed by atoms with Crippen LogP contribution >= 0.6 is 0 Å². The molecule has 172 valence electrons. The third-order valence-corrected chi connectivity index (χ3v) is 7.89.